The second-order valence-electron chi connectivity index (χ2n) is 15.1. The molecule has 3 heterocycles. The Morgan fingerprint density at radius 3 is 1.57 bits per heavy atom. The van der Waals surface area contributed by atoms with Gasteiger partial charge in [0.1, 0.15) is 89.6 Å². The Labute approximate surface area is 328 Å². The average Bonchev–Trinajstić information content (AvgIpc) is 3.75. The average molecular weight is 700 g/mol. The number of rotatable bonds is 4. The normalized spacial score (nSPS) is 11.7. The minimum absolute atomic E-state index is 0.656. The van der Waals surface area contributed by atoms with E-state index in [2.05, 4.69) is 157 Å². The highest BCUT2D eigenvalue weighted by atomic mass is 32.1. The molecule has 0 radical (unpaired) electrons. The lowest BCUT2D eigenvalue weighted by Gasteiger charge is -2.22. The third-order valence-electron chi connectivity index (χ3n) is 12.5. The van der Waals surface area contributed by atoms with E-state index >= 15 is 0 Å². The monoisotopic (exact) mass is 701 g/mol. The first kappa shape index (κ1) is 34.7. The number of hydrogen-bond acceptors (Lipinski definition) is 5. The fraction of sp³-hybridized carbons (Fsp3) is 0. The summed E-state index contributed by atoms with van der Waals surface area (Å²) in [6, 6.07) is 28.2. The van der Waals surface area contributed by atoms with Crippen molar-refractivity contribution < 1.29 is 4.42 Å². The Balaban J connectivity index is 1.24. The van der Waals surface area contributed by atoms with Gasteiger partial charge in [0.15, 0.2) is 17.5 Å². The molecule has 15 heteroatoms. The van der Waals surface area contributed by atoms with Gasteiger partial charge in [-0.15, -0.1) is 44.1 Å². The topological polar surface area (TPSA) is 51.8 Å². The van der Waals surface area contributed by atoms with E-state index in [0.717, 1.165) is 44.2 Å². The lowest BCUT2D eigenvalue weighted by Crippen LogP contribution is -2.55. The second kappa shape index (κ2) is 12.8. The molecule has 0 atom stereocenters. The number of aromatic nitrogens is 3. The number of hydrogen-bond donors (Lipinski definition) is 0. The summed E-state index contributed by atoms with van der Waals surface area (Å²) in [5.74, 6) is 2.08. The van der Waals surface area contributed by atoms with E-state index in [1.165, 1.54) is 80.4 Å². The largest absolute Gasteiger partial charge is 0.456 e. The molecule has 0 spiro atoms. The molecule has 0 bridgehead atoms. The highest BCUT2D eigenvalue weighted by molar-refractivity contribution is 7.26. The lowest BCUT2D eigenvalue weighted by atomic mass is 9.60. The first-order valence-corrected chi connectivity index (χ1v) is 19.5. The van der Waals surface area contributed by atoms with Gasteiger partial charge in [-0.1, -0.05) is 64.3 Å². The Hall–Kier alpha value is -5.00. The summed E-state index contributed by atoms with van der Waals surface area (Å²) in [6.07, 6.45) is 0. The predicted molar refractivity (Wildman–Crippen MR) is 264 cm³/mol. The fourth-order valence-corrected chi connectivity index (χ4v) is 9.70. The van der Waals surface area contributed by atoms with Crippen molar-refractivity contribution in [1.29, 1.82) is 0 Å². The maximum Gasteiger partial charge on any atom is 0.164 e. The van der Waals surface area contributed by atoms with Crippen molar-refractivity contribution in [3.8, 4) is 45.3 Å². The molecule has 3 aromatic heterocycles. The Morgan fingerprint density at radius 2 is 0.944 bits per heavy atom. The number of thiophene rings is 1. The van der Waals surface area contributed by atoms with E-state index in [4.69, 9.17) is 19.4 Å². The van der Waals surface area contributed by atoms with Crippen LogP contribution in [-0.4, -0.2) is 93.4 Å². The van der Waals surface area contributed by atoms with E-state index in [-0.39, 0.29) is 0 Å². The van der Waals surface area contributed by atoms with Crippen LogP contribution in [-0.2, 0) is 0 Å². The molecule has 9 rings (SSSR count). The van der Waals surface area contributed by atoms with Crippen LogP contribution >= 0.6 is 11.3 Å². The minimum Gasteiger partial charge on any atom is -0.456 e. The first-order chi connectivity index (χ1) is 25.9. The van der Waals surface area contributed by atoms with Crippen LogP contribution < -0.4 is 54.6 Å². The molecule has 0 saturated carbocycles. The third-order valence-corrected chi connectivity index (χ3v) is 13.7. The third kappa shape index (κ3) is 5.22. The maximum absolute atomic E-state index is 6.55. The first-order valence-electron chi connectivity index (χ1n) is 18.7. The molecule has 0 amide bonds. The molecular formula is C39H33B10N3OS. The van der Waals surface area contributed by atoms with Gasteiger partial charge >= 0.3 is 0 Å². The molecule has 54 heavy (non-hydrogen) atoms. The summed E-state index contributed by atoms with van der Waals surface area (Å²) in [4.78, 5) is 15.9. The quantitative estimate of drug-likeness (QED) is 0.172. The highest BCUT2D eigenvalue weighted by Gasteiger charge is 2.22. The molecule has 0 N–H and O–H groups in total. The molecule has 0 unspecified atom stereocenters. The summed E-state index contributed by atoms with van der Waals surface area (Å²) in [5.41, 5.74) is 19.8. The SMILES string of the molecule is Bc1c(B)c(B)c(-c2nc(-c3ccc4oc5cc(-c6cccc7c6sc6ccccc67)ccc5c4c3)nc(-c3c(B)c(B)c(B)c(B)c3B)n2)c(B)c1B. The van der Waals surface area contributed by atoms with E-state index in [0.29, 0.717) is 17.5 Å². The van der Waals surface area contributed by atoms with Crippen molar-refractivity contribution in [3.05, 3.63) is 78.9 Å². The molecular weight excluding hydrogens is 667 g/mol. The van der Waals surface area contributed by atoms with Crippen LogP contribution in [0.1, 0.15) is 0 Å². The van der Waals surface area contributed by atoms with E-state index in [1.807, 2.05) is 11.3 Å². The van der Waals surface area contributed by atoms with Gasteiger partial charge in [-0.2, -0.15) is 0 Å². The van der Waals surface area contributed by atoms with Crippen LogP contribution in [0.15, 0.2) is 83.3 Å². The number of benzene rings is 6. The van der Waals surface area contributed by atoms with Gasteiger partial charge in [-0.25, -0.2) is 15.0 Å². The van der Waals surface area contributed by atoms with Gasteiger partial charge in [0.05, 0.1) is 0 Å². The Morgan fingerprint density at radius 1 is 0.407 bits per heavy atom. The zero-order valence-corrected chi connectivity index (χ0v) is 33.5. The van der Waals surface area contributed by atoms with Crippen LogP contribution in [0.2, 0.25) is 0 Å². The molecule has 9 aromatic rings. The molecule has 4 nitrogen and oxygen atoms in total. The standard InChI is InChI=1S/C39H33B10N3OS/c40-26-24(27(41)31(45)34(48)30(26)44)38-50-37(51-39(52-38)25-28(42)32(46)35(49)33(47)29(25)43)15-9-11-21-20(12-15)17-10-8-14(13-22(17)53-21)16-5-3-6-19-18-4-1-2-7-23(18)54-36(16)19/h1-13H,40-49H2. The molecule has 0 aliphatic heterocycles. The van der Waals surface area contributed by atoms with Crippen molar-refractivity contribution in [3.63, 3.8) is 0 Å². The zero-order chi connectivity index (χ0) is 37.7. The number of nitrogens with zero attached hydrogens (tertiary/aromatic N) is 3. The van der Waals surface area contributed by atoms with Crippen molar-refractivity contribution in [2.24, 2.45) is 0 Å². The molecule has 0 fully saturated rings. The van der Waals surface area contributed by atoms with Gasteiger partial charge in [0.2, 0.25) is 0 Å². The van der Waals surface area contributed by atoms with E-state index in [9.17, 15) is 0 Å². The van der Waals surface area contributed by atoms with Crippen molar-refractivity contribution in [1.82, 2.24) is 15.0 Å². The van der Waals surface area contributed by atoms with Gasteiger partial charge in [-0.3, -0.25) is 0 Å². The summed E-state index contributed by atoms with van der Waals surface area (Å²) in [5, 5.41) is 4.71. The summed E-state index contributed by atoms with van der Waals surface area (Å²) in [6.45, 7) is 0. The zero-order valence-electron chi connectivity index (χ0n) is 32.7. The van der Waals surface area contributed by atoms with Gasteiger partial charge in [-0.05, 0) is 47.5 Å². The van der Waals surface area contributed by atoms with Crippen LogP contribution in [0, 0.1) is 0 Å². The smallest absolute Gasteiger partial charge is 0.164 e. The van der Waals surface area contributed by atoms with Crippen LogP contribution in [0.25, 0.3) is 87.4 Å². The summed E-state index contributed by atoms with van der Waals surface area (Å²) < 4.78 is 9.15. The van der Waals surface area contributed by atoms with Gasteiger partial charge in [0.25, 0.3) is 0 Å². The minimum atomic E-state index is 0.656. The molecule has 0 aliphatic rings. The van der Waals surface area contributed by atoms with Crippen molar-refractivity contribution in [2.45, 2.75) is 0 Å². The number of fused-ring (bicyclic) bond motifs is 6. The summed E-state index contributed by atoms with van der Waals surface area (Å²) in [7, 11) is 22.0. The molecule has 6 aromatic carbocycles. The fourth-order valence-electron chi connectivity index (χ4n) is 8.46. The maximum atomic E-state index is 6.55. The van der Waals surface area contributed by atoms with E-state index < -0.39 is 0 Å². The van der Waals surface area contributed by atoms with E-state index in [1.54, 1.807) is 0 Å². The highest BCUT2D eigenvalue weighted by Crippen LogP contribution is 2.41. The summed E-state index contributed by atoms with van der Waals surface area (Å²) >= 11 is 1.85. The van der Waals surface area contributed by atoms with Crippen molar-refractivity contribution in [2.75, 3.05) is 0 Å². The molecule has 0 aliphatic carbocycles. The molecule has 246 valence electrons. The lowest BCUT2D eigenvalue weighted by molar-refractivity contribution is 0.669. The van der Waals surface area contributed by atoms with Crippen LogP contribution in [0.5, 0.6) is 0 Å². The van der Waals surface area contributed by atoms with Crippen LogP contribution in [0.4, 0.5) is 0 Å². The van der Waals surface area contributed by atoms with Crippen molar-refractivity contribution >= 4 is 187 Å². The Kier molecular flexibility index (Phi) is 8.24. The second-order valence-corrected chi connectivity index (χ2v) is 16.2. The molecule has 0 saturated heterocycles. The predicted octanol–water partition coefficient (Wildman–Crippen LogP) is -6.61. The van der Waals surface area contributed by atoms with Gasteiger partial charge < -0.3 is 4.42 Å². The van der Waals surface area contributed by atoms with Gasteiger partial charge in [0, 0.05) is 47.6 Å². The van der Waals surface area contributed by atoms with Crippen LogP contribution in [0.3, 0.4) is 0 Å². The Bertz CT molecular complexity index is 2940. The number of furan rings is 1.